The van der Waals surface area contributed by atoms with Crippen LogP contribution in [0.3, 0.4) is 0 Å². The molecule has 150 valence electrons. The summed E-state index contributed by atoms with van der Waals surface area (Å²) in [5.74, 6) is 1.08. The van der Waals surface area contributed by atoms with Crippen LogP contribution in [-0.2, 0) is 4.79 Å². The minimum absolute atomic E-state index is 0.0322. The summed E-state index contributed by atoms with van der Waals surface area (Å²) in [6.45, 7) is 12.1. The monoisotopic (exact) mass is 373 g/mol. The smallest absolute Gasteiger partial charge is 0.251 e. The second-order valence-corrected chi connectivity index (χ2v) is 7.83. The predicted octanol–water partition coefficient (Wildman–Crippen LogP) is 4.27. The summed E-state index contributed by atoms with van der Waals surface area (Å²) in [5.41, 5.74) is 2.64. The number of hydrogen-bond donors (Lipinski definition) is 2. The Labute approximate surface area is 163 Å². The maximum absolute atomic E-state index is 13.2. The molecular weight excluding hydrogens is 338 g/mol. The van der Waals surface area contributed by atoms with Crippen LogP contribution in [0.15, 0.2) is 40.9 Å². The lowest BCUT2D eigenvalue weighted by Crippen LogP contribution is -2.41. The minimum atomic E-state index is -0.179. The normalized spacial score (nSPS) is 26.0. The van der Waals surface area contributed by atoms with Gasteiger partial charge in [0.1, 0.15) is 5.82 Å². The average molecular weight is 374 g/mol. The second-order valence-electron chi connectivity index (χ2n) is 7.83. The quantitative estimate of drug-likeness (QED) is 0.655. The molecule has 0 bridgehead atoms. The summed E-state index contributed by atoms with van der Waals surface area (Å²) in [6.07, 6.45) is 9.77. The topological polar surface area (TPSA) is 64.9 Å². The molecule has 1 amide bonds. The molecule has 0 saturated heterocycles. The fourth-order valence-electron chi connectivity index (χ4n) is 3.93. The number of hydrogen-bond acceptors (Lipinski definition) is 4. The van der Waals surface area contributed by atoms with Crippen LogP contribution >= 0.6 is 0 Å². The first-order chi connectivity index (χ1) is 12.9. The van der Waals surface area contributed by atoms with Gasteiger partial charge in [0.05, 0.1) is 11.7 Å². The number of carbonyl (C=O) groups is 1. The van der Waals surface area contributed by atoms with E-state index in [0.717, 1.165) is 55.5 Å². The maximum Gasteiger partial charge on any atom is 0.251 e. The standard InChI is InChI=1S/C22H35N3O2/c1-6-8-9-20(21-23-15(3)14-16(4)25(21)7-2)22(27)24-17(5)18-10-12-19(26)13-11-18/h7,14,17-19,26H,2,6,8-13H2,1,3-5H3,(H,24,27)/b21-20+. The molecule has 1 saturated carbocycles. The first-order valence-electron chi connectivity index (χ1n) is 10.2. The number of nitrogens with one attached hydrogen (secondary N) is 1. The van der Waals surface area contributed by atoms with Gasteiger partial charge in [-0.25, -0.2) is 4.99 Å². The molecule has 1 aliphatic carbocycles. The zero-order chi connectivity index (χ0) is 20.0. The van der Waals surface area contributed by atoms with E-state index < -0.39 is 0 Å². The third kappa shape index (κ3) is 5.55. The Morgan fingerprint density at radius 3 is 2.67 bits per heavy atom. The highest BCUT2D eigenvalue weighted by Crippen LogP contribution is 2.29. The number of carbonyl (C=O) groups excluding carboxylic acids is 1. The van der Waals surface area contributed by atoms with Crippen LogP contribution in [0, 0.1) is 5.92 Å². The van der Waals surface area contributed by atoms with Crippen LogP contribution in [0.1, 0.15) is 72.6 Å². The number of allylic oxidation sites excluding steroid dienone is 2. The highest BCUT2D eigenvalue weighted by atomic mass is 16.3. The lowest BCUT2D eigenvalue weighted by molar-refractivity contribution is -0.118. The number of aliphatic imine (C=N–C) groups is 1. The van der Waals surface area contributed by atoms with Gasteiger partial charge in [-0.15, -0.1) is 0 Å². The van der Waals surface area contributed by atoms with Gasteiger partial charge in [0.15, 0.2) is 0 Å². The van der Waals surface area contributed by atoms with E-state index in [9.17, 15) is 9.90 Å². The first kappa shape index (κ1) is 21.4. The number of aliphatic hydroxyl groups is 1. The van der Waals surface area contributed by atoms with Gasteiger partial charge in [-0.1, -0.05) is 19.9 Å². The van der Waals surface area contributed by atoms with Gasteiger partial charge in [-0.05, 0) is 71.3 Å². The highest BCUT2D eigenvalue weighted by molar-refractivity contribution is 5.98. The zero-order valence-corrected chi connectivity index (χ0v) is 17.3. The van der Waals surface area contributed by atoms with Crippen molar-refractivity contribution in [3.8, 4) is 0 Å². The average Bonchev–Trinajstić information content (AvgIpc) is 2.62. The summed E-state index contributed by atoms with van der Waals surface area (Å²) < 4.78 is 0. The Kier molecular flexibility index (Phi) is 7.84. The second kappa shape index (κ2) is 9.88. The van der Waals surface area contributed by atoms with Crippen molar-refractivity contribution in [2.75, 3.05) is 0 Å². The van der Waals surface area contributed by atoms with Crippen LogP contribution in [-0.4, -0.2) is 33.8 Å². The molecule has 2 aliphatic rings. The molecule has 0 spiro atoms. The lowest BCUT2D eigenvalue weighted by atomic mass is 9.83. The van der Waals surface area contributed by atoms with E-state index in [4.69, 9.17) is 0 Å². The molecule has 27 heavy (non-hydrogen) atoms. The summed E-state index contributed by atoms with van der Waals surface area (Å²) in [7, 11) is 0. The number of aliphatic hydroxyl groups excluding tert-OH is 1. The van der Waals surface area contributed by atoms with E-state index in [0.29, 0.717) is 18.2 Å². The first-order valence-corrected chi connectivity index (χ1v) is 10.2. The molecule has 0 radical (unpaired) electrons. The molecule has 2 N–H and O–H groups in total. The molecule has 1 atom stereocenters. The van der Waals surface area contributed by atoms with Crippen LogP contribution in [0.5, 0.6) is 0 Å². The van der Waals surface area contributed by atoms with Crippen molar-refractivity contribution in [1.82, 2.24) is 10.2 Å². The Hall–Kier alpha value is -1.88. The molecular formula is C22H35N3O2. The van der Waals surface area contributed by atoms with Crippen molar-refractivity contribution in [2.45, 2.75) is 84.8 Å². The molecule has 1 fully saturated rings. The van der Waals surface area contributed by atoms with Crippen molar-refractivity contribution in [2.24, 2.45) is 10.9 Å². The van der Waals surface area contributed by atoms with Crippen molar-refractivity contribution in [3.63, 3.8) is 0 Å². The fraction of sp³-hybridized carbons (Fsp3) is 0.636. The van der Waals surface area contributed by atoms with Crippen LogP contribution in [0.4, 0.5) is 0 Å². The number of unbranched alkanes of at least 4 members (excludes halogenated alkanes) is 1. The molecule has 5 nitrogen and oxygen atoms in total. The fourth-order valence-corrected chi connectivity index (χ4v) is 3.93. The lowest BCUT2D eigenvalue weighted by Gasteiger charge is -2.32. The van der Waals surface area contributed by atoms with E-state index in [1.165, 1.54) is 0 Å². The zero-order valence-electron chi connectivity index (χ0n) is 17.3. The molecule has 1 unspecified atom stereocenters. The van der Waals surface area contributed by atoms with Gasteiger partial charge < -0.3 is 15.3 Å². The molecule has 1 aliphatic heterocycles. The van der Waals surface area contributed by atoms with Crippen molar-refractivity contribution < 1.29 is 9.90 Å². The minimum Gasteiger partial charge on any atom is -0.393 e. The van der Waals surface area contributed by atoms with Crippen molar-refractivity contribution in [3.05, 3.63) is 35.9 Å². The summed E-state index contributed by atoms with van der Waals surface area (Å²) in [5, 5.41) is 12.9. The van der Waals surface area contributed by atoms with Crippen LogP contribution in [0.25, 0.3) is 0 Å². The van der Waals surface area contributed by atoms with Crippen molar-refractivity contribution in [1.29, 1.82) is 0 Å². The van der Waals surface area contributed by atoms with E-state index in [-0.39, 0.29) is 18.1 Å². The Bertz CT molecular complexity index is 640. The van der Waals surface area contributed by atoms with Gasteiger partial charge in [0, 0.05) is 23.7 Å². The predicted molar refractivity (Wildman–Crippen MR) is 111 cm³/mol. The summed E-state index contributed by atoms with van der Waals surface area (Å²) in [6, 6.07) is 0.0877. The SMILES string of the molecule is C=CN1C(C)=CC(C)=N/C1=C(/CCCC)C(=O)NC(C)C1CCC(O)CC1. The molecule has 0 aromatic carbocycles. The molecule has 2 rings (SSSR count). The number of rotatable bonds is 7. The maximum atomic E-state index is 13.2. The Morgan fingerprint density at radius 2 is 2.07 bits per heavy atom. The van der Waals surface area contributed by atoms with E-state index in [1.807, 2.05) is 24.8 Å². The van der Waals surface area contributed by atoms with Crippen molar-refractivity contribution >= 4 is 11.6 Å². The third-order valence-corrected chi connectivity index (χ3v) is 5.62. The highest BCUT2D eigenvalue weighted by Gasteiger charge is 2.28. The molecule has 1 heterocycles. The Morgan fingerprint density at radius 1 is 1.41 bits per heavy atom. The van der Waals surface area contributed by atoms with E-state index >= 15 is 0 Å². The van der Waals surface area contributed by atoms with Gasteiger partial charge in [0.25, 0.3) is 5.91 Å². The van der Waals surface area contributed by atoms with Crippen LogP contribution in [0.2, 0.25) is 0 Å². The van der Waals surface area contributed by atoms with E-state index in [2.05, 4.69) is 30.7 Å². The summed E-state index contributed by atoms with van der Waals surface area (Å²) >= 11 is 0. The van der Waals surface area contributed by atoms with Gasteiger partial charge >= 0.3 is 0 Å². The van der Waals surface area contributed by atoms with Gasteiger partial charge in [0.2, 0.25) is 0 Å². The largest absolute Gasteiger partial charge is 0.393 e. The van der Waals surface area contributed by atoms with E-state index in [1.54, 1.807) is 6.20 Å². The third-order valence-electron chi connectivity index (χ3n) is 5.62. The molecule has 5 heteroatoms. The van der Waals surface area contributed by atoms with Gasteiger partial charge in [-0.3, -0.25) is 4.79 Å². The number of nitrogens with zero attached hydrogens (tertiary/aromatic N) is 2. The summed E-state index contributed by atoms with van der Waals surface area (Å²) in [4.78, 5) is 19.7. The van der Waals surface area contributed by atoms with Gasteiger partial charge in [-0.2, -0.15) is 0 Å². The van der Waals surface area contributed by atoms with Crippen LogP contribution < -0.4 is 5.32 Å². The Balaban J connectivity index is 2.23. The molecule has 0 aromatic rings. The number of amides is 1. The molecule has 0 aromatic heterocycles.